The first-order valence-corrected chi connectivity index (χ1v) is 19.1. The zero-order chi connectivity index (χ0) is 37.1. The van der Waals surface area contributed by atoms with Crippen LogP contribution < -0.4 is 10.1 Å². The molecule has 8 aromatic carbocycles. The number of aliphatic imine (C=N–C) groups is 2. The van der Waals surface area contributed by atoms with Gasteiger partial charge in [0.15, 0.2) is 6.17 Å². The largest absolute Gasteiger partial charge is 0.457 e. The molecule has 1 atom stereocenters. The van der Waals surface area contributed by atoms with Crippen LogP contribution in [-0.4, -0.2) is 11.7 Å². The predicted molar refractivity (Wildman–Crippen MR) is 227 cm³/mol. The SMILES string of the molecule is c1ccc(C2=NC(c3cccc(-c4ccc5c(c4)C4(c6ccccc6O5)c5ccccc5-c5ccccc54)c3)N=C(c3ccccc3-c3ccccc3)N2)cc1. The summed E-state index contributed by atoms with van der Waals surface area (Å²) in [5.41, 5.74) is 14.4. The van der Waals surface area contributed by atoms with Crippen molar-refractivity contribution in [2.24, 2.45) is 9.98 Å². The summed E-state index contributed by atoms with van der Waals surface area (Å²) in [5, 5.41) is 3.61. The van der Waals surface area contributed by atoms with Crippen molar-refractivity contribution in [2.75, 3.05) is 0 Å². The number of amidine groups is 2. The summed E-state index contributed by atoms with van der Waals surface area (Å²) >= 11 is 0. The van der Waals surface area contributed by atoms with Gasteiger partial charge in [-0.15, -0.1) is 0 Å². The van der Waals surface area contributed by atoms with Crippen molar-refractivity contribution >= 4 is 11.7 Å². The lowest BCUT2D eigenvalue weighted by atomic mass is 9.66. The van der Waals surface area contributed by atoms with Gasteiger partial charge in [-0.05, 0) is 74.3 Å². The van der Waals surface area contributed by atoms with Crippen molar-refractivity contribution in [1.82, 2.24) is 5.32 Å². The molecule has 0 amide bonds. The normalized spacial score (nSPS) is 15.6. The fourth-order valence-corrected chi connectivity index (χ4v) is 8.95. The lowest BCUT2D eigenvalue weighted by Crippen LogP contribution is -2.36. The average molecular weight is 718 g/mol. The fraction of sp³-hybridized carbons (Fsp3) is 0.0385. The molecule has 0 saturated heterocycles. The highest BCUT2D eigenvalue weighted by Crippen LogP contribution is 2.62. The molecule has 4 heteroatoms. The van der Waals surface area contributed by atoms with E-state index >= 15 is 0 Å². The number of para-hydroxylation sites is 1. The molecule has 0 saturated carbocycles. The van der Waals surface area contributed by atoms with Crippen LogP contribution in [-0.2, 0) is 5.41 Å². The molecule has 2 aliphatic heterocycles. The molecule has 264 valence electrons. The molecule has 4 nitrogen and oxygen atoms in total. The van der Waals surface area contributed by atoms with Gasteiger partial charge in [-0.3, -0.25) is 0 Å². The molecular weight excluding hydrogens is 683 g/mol. The third-order valence-electron chi connectivity index (χ3n) is 11.4. The molecule has 0 bridgehead atoms. The number of hydrogen-bond acceptors (Lipinski definition) is 4. The molecular formula is C52H35N3O. The maximum absolute atomic E-state index is 6.71. The lowest BCUT2D eigenvalue weighted by Gasteiger charge is -2.39. The summed E-state index contributed by atoms with van der Waals surface area (Å²) in [7, 11) is 0. The minimum Gasteiger partial charge on any atom is -0.457 e. The van der Waals surface area contributed by atoms with E-state index in [9.17, 15) is 0 Å². The third kappa shape index (κ3) is 5.00. The summed E-state index contributed by atoms with van der Waals surface area (Å²) in [6.07, 6.45) is -0.460. The van der Waals surface area contributed by atoms with Gasteiger partial charge in [-0.2, -0.15) is 0 Å². The van der Waals surface area contributed by atoms with E-state index in [1.165, 1.54) is 22.3 Å². The van der Waals surface area contributed by atoms with Crippen molar-refractivity contribution in [3.05, 3.63) is 239 Å². The summed E-state index contributed by atoms with van der Waals surface area (Å²) in [6, 6.07) is 70.8. The van der Waals surface area contributed by atoms with E-state index in [4.69, 9.17) is 14.7 Å². The van der Waals surface area contributed by atoms with Crippen molar-refractivity contribution in [1.29, 1.82) is 0 Å². The highest BCUT2D eigenvalue weighted by Gasteiger charge is 2.51. The minimum absolute atomic E-state index is 0.460. The van der Waals surface area contributed by atoms with Crippen LogP contribution in [0.15, 0.2) is 210 Å². The second kappa shape index (κ2) is 12.9. The summed E-state index contributed by atoms with van der Waals surface area (Å²) < 4.78 is 6.71. The number of nitrogens with one attached hydrogen (secondary N) is 1. The van der Waals surface area contributed by atoms with Gasteiger partial charge in [0.05, 0.1) is 5.41 Å². The number of rotatable bonds is 5. The first-order valence-electron chi connectivity index (χ1n) is 19.1. The van der Waals surface area contributed by atoms with Crippen LogP contribution in [0.1, 0.15) is 45.1 Å². The molecule has 0 aromatic heterocycles. The van der Waals surface area contributed by atoms with Crippen LogP contribution in [0.3, 0.4) is 0 Å². The second-order valence-electron chi connectivity index (χ2n) is 14.5. The zero-order valence-electron chi connectivity index (χ0n) is 30.4. The maximum atomic E-state index is 6.71. The number of fused-ring (bicyclic) bond motifs is 9. The highest BCUT2D eigenvalue weighted by atomic mass is 16.5. The molecule has 56 heavy (non-hydrogen) atoms. The Morgan fingerprint density at radius 2 is 0.911 bits per heavy atom. The third-order valence-corrected chi connectivity index (χ3v) is 11.4. The molecule has 1 unspecified atom stereocenters. The van der Waals surface area contributed by atoms with Gasteiger partial charge in [0, 0.05) is 22.3 Å². The fourth-order valence-electron chi connectivity index (χ4n) is 8.95. The van der Waals surface area contributed by atoms with Crippen LogP contribution in [0.2, 0.25) is 0 Å². The van der Waals surface area contributed by atoms with Gasteiger partial charge in [0.25, 0.3) is 0 Å². The first kappa shape index (κ1) is 32.2. The minimum atomic E-state index is -0.528. The van der Waals surface area contributed by atoms with Gasteiger partial charge in [-0.1, -0.05) is 176 Å². The van der Waals surface area contributed by atoms with Crippen molar-refractivity contribution in [3.63, 3.8) is 0 Å². The Balaban J connectivity index is 1.06. The van der Waals surface area contributed by atoms with Crippen LogP contribution in [0, 0.1) is 0 Å². The molecule has 1 spiro atoms. The summed E-state index contributed by atoms with van der Waals surface area (Å²) in [5.74, 6) is 3.34. The van der Waals surface area contributed by atoms with Crippen molar-refractivity contribution < 1.29 is 4.74 Å². The van der Waals surface area contributed by atoms with Gasteiger partial charge in [0.2, 0.25) is 0 Å². The summed E-state index contributed by atoms with van der Waals surface area (Å²) in [4.78, 5) is 10.6. The molecule has 1 N–H and O–H groups in total. The Bertz CT molecular complexity index is 2830. The Labute approximate surface area is 326 Å². The number of hydrogen-bond donors (Lipinski definition) is 1. The van der Waals surface area contributed by atoms with Crippen molar-refractivity contribution in [3.8, 4) is 44.9 Å². The number of nitrogens with zero attached hydrogens (tertiary/aromatic N) is 2. The maximum Gasteiger partial charge on any atom is 0.169 e. The average Bonchev–Trinajstić information content (AvgIpc) is 3.57. The first-order chi connectivity index (χ1) is 27.8. The number of benzene rings is 8. The molecule has 0 fully saturated rings. The van der Waals surface area contributed by atoms with E-state index in [0.29, 0.717) is 0 Å². The molecule has 11 rings (SSSR count). The van der Waals surface area contributed by atoms with E-state index in [1.807, 2.05) is 24.3 Å². The molecule has 1 aliphatic carbocycles. The van der Waals surface area contributed by atoms with Crippen molar-refractivity contribution in [2.45, 2.75) is 11.6 Å². The Kier molecular flexibility index (Phi) is 7.42. The lowest BCUT2D eigenvalue weighted by molar-refractivity contribution is 0.436. The van der Waals surface area contributed by atoms with E-state index in [-0.39, 0.29) is 0 Å². The summed E-state index contributed by atoms with van der Waals surface area (Å²) in [6.45, 7) is 0. The topological polar surface area (TPSA) is 46.0 Å². The zero-order valence-corrected chi connectivity index (χ0v) is 30.4. The molecule has 8 aromatic rings. The van der Waals surface area contributed by atoms with E-state index in [2.05, 4.69) is 181 Å². The van der Waals surface area contributed by atoms with Crippen LogP contribution in [0.5, 0.6) is 11.5 Å². The standard InChI is InChI=1S/C52H35N3O/c1-3-16-34(17-4-1)39-22-7-8-25-42(39)51-54-49(35-18-5-2-6-19-35)53-50(55-51)38-21-15-20-36(32-38)37-30-31-48-46(33-37)52(45-28-13-14-29-47(45)56-48)43-26-11-9-23-40(43)41-24-10-12-27-44(41)52/h1-33,50H,(H,53,54,55). The Morgan fingerprint density at radius 3 is 1.64 bits per heavy atom. The Hall–Kier alpha value is -7.30. The van der Waals surface area contributed by atoms with Gasteiger partial charge in [-0.25, -0.2) is 9.98 Å². The Morgan fingerprint density at radius 1 is 0.375 bits per heavy atom. The second-order valence-corrected chi connectivity index (χ2v) is 14.5. The van der Waals surface area contributed by atoms with Gasteiger partial charge < -0.3 is 10.1 Å². The monoisotopic (exact) mass is 717 g/mol. The molecule has 2 heterocycles. The van der Waals surface area contributed by atoms with Crippen LogP contribution in [0.25, 0.3) is 33.4 Å². The van der Waals surface area contributed by atoms with Gasteiger partial charge in [0.1, 0.15) is 23.2 Å². The van der Waals surface area contributed by atoms with Crippen LogP contribution >= 0.6 is 0 Å². The molecule has 3 aliphatic rings. The van der Waals surface area contributed by atoms with E-state index < -0.39 is 11.6 Å². The van der Waals surface area contributed by atoms with Gasteiger partial charge >= 0.3 is 0 Å². The predicted octanol–water partition coefficient (Wildman–Crippen LogP) is 12.0. The smallest absolute Gasteiger partial charge is 0.169 e. The number of ether oxygens (including phenoxy) is 1. The van der Waals surface area contributed by atoms with E-state index in [1.54, 1.807) is 0 Å². The van der Waals surface area contributed by atoms with E-state index in [0.717, 1.165) is 73.2 Å². The quantitative estimate of drug-likeness (QED) is 0.193. The van der Waals surface area contributed by atoms with Crippen LogP contribution in [0.4, 0.5) is 0 Å². The highest BCUT2D eigenvalue weighted by molar-refractivity contribution is 6.17. The molecule has 0 radical (unpaired) electrons.